The molecule has 2 atom stereocenters. The van der Waals surface area contributed by atoms with Gasteiger partial charge in [-0.3, -0.25) is 0 Å². The number of likely N-dealkylation sites (tertiary alicyclic amines) is 1. The van der Waals surface area contributed by atoms with Crippen LogP contribution < -0.4 is 0 Å². The topological polar surface area (TPSA) is 38.8 Å². The van der Waals surface area contributed by atoms with Crippen LogP contribution in [-0.2, 0) is 9.47 Å². The van der Waals surface area contributed by atoms with Crippen LogP contribution in [0.4, 0.5) is 9.18 Å². The maximum absolute atomic E-state index is 13.5. The van der Waals surface area contributed by atoms with Crippen LogP contribution in [0.5, 0.6) is 0 Å². The Morgan fingerprint density at radius 1 is 1.03 bits per heavy atom. The molecule has 0 aliphatic carbocycles. The third-order valence-electron chi connectivity index (χ3n) is 5.87. The van der Waals surface area contributed by atoms with Gasteiger partial charge in [-0.05, 0) is 61.7 Å². The summed E-state index contributed by atoms with van der Waals surface area (Å²) in [6, 6.07) is 20.7. The molecule has 0 spiro atoms. The summed E-state index contributed by atoms with van der Waals surface area (Å²) >= 11 is 0. The molecule has 0 bridgehead atoms. The monoisotopic (exact) mass is 447 g/mol. The van der Waals surface area contributed by atoms with Crippen LogP contribution in [0.2, 0.25) is 0 Å². The molecule has 2 unspecified atom stereocenters. The van der Waals surface area contributed by atoms with Crippen molar-refractivity contribution in [3.8, 4) is 0 Å². The van der Waals surface area contributed by atoms with Gasteiger partial charge >= 0.3 is 6.09 Å². The van der Waals surface area contributed by atoms with E-state index in [-0.39, 0.29) is 23.9 Å². The predicted octanol–water partition coefficient (Wildman–Crippen LogP) is 6.76. The van der Waals surface area contributed by atoms with Crippen molar-refractivity contribution in [2.45, 2.75) is 44.8 Å². The zero-order valence-electron chi connectivity index (χ0n) is 19.4. The van der Waals surface area contributed by atoms with Gasteiger partial charge in [0.25, 0.3) is 0 Å². The van der Waals surface area contributed by atoms with Crippen molar-refractivity contribution in [3.05, 3.63) is 90.3 Å². The molecule has 0 saturated carbocycles. The Bertz CT molecular complexity index is 1150. The number of benzene rings is 3. The number of carbonyl (C=O) groups excluding carboxylic acids is 1. The van der Waals surface area contributed by atoms with E-state index in [9.17, 15) is 9.18 Å². The molecule has 1 fully saturated rings. The van der Waals surface area contributed by atoms with E-state index in [0.29, 0.717) is 25.3 Å². The van der Waals surface area contributed by atoms with E-state index in [1.165, 1.54) is 12.1 Å². The average Bonchev–Trinajstić information content (AvgIpc) is 2.78. The lowest BCUT2D eigenvalue weighted by Gasteiger charge is -2.39. The largest absolute Gasteiger partial charge is 0.488 e. The number of nitrogens with zero attached hydrogens (tertiary/aromatic N) is 1. The van der Waals surface area contributed by atoms with Gasteiger partial charge in [0.15, 0.2) is 0 Å². The van der Waals surface area contributed by atoms with E-state index in [1.807, 2.05) is 45.0 Å². The van der Waals surface area contributed by atoms with Gasteiger partial charge in [0.05, 0.1) is 6.54 Å². The van der Waals surface area contributed by atoms with E-state index in [2.05, 4.69) is 24.8 Å². The molecule has 5 heteroatoms. The normalized spacial score (nSPS) is 18.7. The third kappa shape index (κ3) is 5.54. The summed E-state index contributed by atoms with van der Waals surface area (Å²) in [6.07, 6.45) is -0.0127. The lowest BCUT2D eigenvalue weighted by atomic mass is 9.87. The number of hydrogen-bond acceptors (Lipinski definition) is 3. The summed E-state index contributed by atoms with van der Waals surface area (Å²) in [5.41, 5.74) is 1.30. The number of fused-ring (bicyclic) bond motifs is 1. The molecule has 1 saturated heterocycles. The second-order valence-electron chi connectivity index (χ2n) is 9.51. The van der Waals surface area contributed by atoms with E-state index in [1.54, 1.807) is 17.0 Å². The van der Waals surface area contributed by atoms with Gasteiger partial charge in [-0.25, -0.2) is 9.18 Å². The van der Waals surface area contributed by atoms with Gasteiger partial charge in [0, 0.05) is 18.0 Å². The Hall–Kier alpha value is -3.34. The summed E-state index contributed by atoms with van der Waals surface area (Å²) in [4.78, 5) is 14.4. The highest BCUT2D eigenvalue weighted by molar-refractivity contribution is 5.85. The minimum Gasteiger partial charge on any atom is -0.488 e. The number of piperidine rings is 1. The van der Waals surface area contributed by atoms with Crippen molar-refractivity contribution in [3.63, 3.8) is 0 Å². The minimum absolute atomic E-state index is 0.00138. The summed E-state index contributed by atoms with van der Waals surface area (Å²) < 4.78 is 25.5. The van der Waals surface area contributed by atoms with Crippen LogP contribution in [0, 0.1) is 5.82 Å². The van der Waals surface area contributed by atoms with Crippen LogP contribution >= 0.6 is 0 Å². The molecule has 1 heterocycles. The molecule has 33 heavy (non-hydrogen) atoms. The Balaban J connectivity index is 1.57. The SMILES string of the molecule is C=C(OC1CN(C(=O)OC(C)(C)C)CCC1c1ccc(F)cc1)c1ccc2ccccc2c1. The lowest BCUT2D eigenvalue weighted by Crippen LogP contribution is -2.48. The number of hydrogen-bond donors (Lipinski definition) is 0. The Morgan fingerprint density at radius 3 is 2.42 bits per heavy atom. The number of rotatable bonds is 4. The van der Waals surface area contributed by atoms with Crippen LogP contribution in [0.25, 0.3) is 16.5 Å². The smallest absolute Gasteiger partial charge is 0.410 e. The number of ether oxygens (including phenoxy) is 2. The first kappa shape index (κ1) is 22.8. The van der Waals surface area contributed by atoms with Crippen LogP contribution in [0.1, 0.15) is 44.2 Å². The highest BCUT2D eigenvalue weighted by Crippen LogP contribution is 2.34. The molecule has 0 radical (unpaired) electrons. The van der Waals surface area contributed by atoms with Crippen molar-refractivity contribution in [2.75, 3.05) is 13.1 Å². The third-order valence-corrected chi connectivity index (χ3v) is 5.87. The van der Waals surface area contributed by atoms with Crippen LogP contribution in [0.15, 0.2) is 73.3 Å². The minimum atomic E-state index is -0.573. The van der Waals surface area contributed by atoms with E-state index < -0.39 is 5.60 Å². The Morgan fingerprint density at radius 2 is 1.73 bits per heavy atom. The molecule has 4 rings (SSSR count). The fourth-order valence-corrected chi connectivity index (χ4v) is 4.23. The van der Waals surface area contributed by atoms with Gasteiger partial charge in [-0.1, -0.05) is 55.1 Å². The first-order chi connectivity index (χ1) is 15.7. The van der Waals surface area contributed by atoms with E-state index >= 15 is 0 Å². The van der Waals surface area contributed by atoms with Crippen molar-refractivity contribution in [1.29, 1.82) is 0 Å². The maximum atomic E-state index is 13.5. The zero-order chi connectivity index (χ0) is 23.6. The summed E-state index contributed by atoms with van der Waals surface area (Å²) in [6.45, 7) is 10.6. The van der Waals surface area contributed by atoms with Crippen LogP contribution in [0.3, 0.4) is 0 Å². The Kier molecular flexibility index (Phi) is 6.41. The molecule has 1 aliphatic rings. The fraction of sp³-hybridized carbons (Fsp3) is 0.321. The molecule has 1 aliphatic heterocycles. The van der Waals surface area contributed by atoms with Crippen molar-refractivity contribution < 1.29 is 18.7 Å². The maximum Gasteiger partial charge on any atom is 0.410 e. The number of halogens is 1. The van der Waals surface area contributed by atoms with Gasteiger partial charge in [-0.15, -0.1) is 0 Å². The first-order valence-electron chi connectivity index (χ1n) is 11.3. The molecule has 0 N–H and O–H groups in total. The van der Waals surface area contributed by atoms with Crippen LogP contribution in [-0.4, -0.2) is 35.8 Å². The summed E-state index contributed by atoms with van der Waals surface area (Å²) in [7, 11) is 0. The summed E-state index contributed by atoms with van der Waals surface area (Å²) in [5, 5.41) is 2.25. The van der Waals surface area contributed by atoms with Gasteiger partial charge in [0.1, 0.15) is 23.3 Å². The summed E-state index contributed by atoms with van der Waals surface area (Å²) in [5.74, 6) is 0.272. The van der Waals surface area contributed by atoms with Crippen molar-refractivity contribution in [1.82, 2.24) is 4.90 Å². The highest BCUT2D eigenvalue weighted by atomic mass is 19.1. The van der Waals surface area contributed by atoms with Crippen molar-refractivity contribution >= 4 is 22.6 Å². The highest BCUT2D eigenvalue weighted by Gasteiger charge is 2.36. The molecule has 0 aromatic heterocycles. The second-order valence-corrected chi connectivity index (χ2v) is 9.51. The van der Waals surface area contributed by atoms with Gasteiger partial charge in [-0.2, -0.15) is 0 Å². The second kappa shape index (κ2) is 9.26. The number of amides is 1. The molecule has 3 aromatic rings. The lowest BCUT2D eigenvalue weighted by molar-refractivity contribution is -0.00134. The predicted molar refractivity (Wildman–Crippen MR) is 129 cm³/mol. The van der Waals surface area contributed by atoms with Gasteiger partial charge < -0.3 is 14.4 Å². The van der Waals surface area contributed by atoms with Gasteiger partial charge in [0.2, 0.25) is 0 Å². The zero-order valence-corrected chi connectivity index (χ0v) is 19.4. The molecule has 4 nitrogen and oxygen atoms in total. The first-order valence-corrected chi connectivity index (χ1v) is 11.3. The number of carbonyl (C=O) groups is 1. The molecule has 1 amide bonds. The standard InChI is InChI=1S/C28H30FNO3/c1-19(22-10-9-20-7-5-6-8-23(20)17-22)32-26-18-30(27(31)33-28(2,3)4)16-15-25(26)21-11-13-24(29)14-12-21/h5-14,17,25-26H,1,15-16,18H2,2-4H3. The molecule has 3 aromatic carbocycles. The quantitative estimate of drug-likeness (QED) is 0.415. The fourth-order valence-electron chi connectivity index (χ4n) is 4.23. The van der Waals surface area contributed by atoms with E-state index in [4.69, 9.17) is 9.47 Å². The average molecular weight is 448 g/mol. The molecular weight excluding hydrogens is 417 g/mol. The van der Waals surface area contributed by atoms with Crippen molar-refractivity contribution in [2.24, 2.45) is 0 Å². The molecular formula is C28H30FNO3. The Labute approximate surface area is 194 Å². The van der Waals surface area contributed by atoms with E-state index in [0.717, 1.165) is 21.9 Å². The molecule has 172 valence electrons.